The average Bonchev–Trinajstić information content (AvgIpc) is 2.48. The summed E-state index contributed by atoms with van der Waals surface area (Å²) in [4.78, 5) is 11.8. The minimum Gasteiger partial charge on any atom is -0.508 e. The van der Waals surface area contributed by atoms with Crippen LogP contribution in [0.4, 0.5) is 5.69 Å². The Morgan fingerprint density at radius 3 is 2.42 bits per heavy atom. The highest BCUT2D eigenvalue weighted by Crippen LogP contribution is 2.34. The molecule has 24 heavy (non-hydrogen) atoms. The molecule has 4 N–H and O–H groups in total. The highest BCUT2D eigenvalue weighted by atomic mass is 79.9. The Balaban J connectivity index is 1.91. The summed E-state index contributed by atoms with van der Waals surface area (Å²) in [6.07, 6.45) is 1.29. The van der Waals surface area contributed by atoms with Crippen LogP contribution in [-0.4, -0.2) is 28.9 Å². The fourth-order valence-corrected chi connectivity index (χ4v) is 4.27. The van der Waals surface area contributed by atoms with E-state index in [1.807, 2.05) is 12.1 Å². The van der Waals surface area contributed by atoms with Crippen molar-refractivity contribution in [3.8, 4) is 11.5 Å². The second-order valence-corrected chi connectivity index (χ2v) is 7.26. The van der Waals surface area contributed by atoms with Gasteiger partial charge < -0.3 is 15.5 Å². The molecule has 0 aliphatic carbocycles. The van der Waals surface area contributed by atoms with Gasteiger partial charge in [0.05, 0.1) is 18.4 Å². The summed E-state index contributed by atoms with van der Waals surface area (Å²) in [7, 11) is 0. The minimum absolute atomic E-state index is 0.0116. The van der Waals surface area contributed by atoms with Crippen LogP contribution in [0.1, 0.15) is 5.56 Å². The first-order chi connectivity index (χ1) is 11.4. The lowest BCUT2D eigenvalue weighted by atomic mass is 10.2. The molecule has 9 heteroatoms. The molecule has 0 aliphatic heterocycles. The summed E-state index contributed by atoms with van der Waals surface area (Å²) in [5.74, 6) is -0.538. The van der Waals surface area contributed by atoms with Crippen LogP contribution in [0.15, 0.2) is 48.9 Å². The number of carbonyl (C=O) groups excluding carboxylic acids is 1. The molecule has 0 aromatic heterocycles. The predicted octanol–water partition coefficient (Wildman–Crippen LogP) is 3.95. The van der Waals surface area contributed by atoms with Gasteiger partial charge in [-0.3, -0.25) is 4.79 Å². The zero-order chi connectivity index (χ0) is 17.7. The number of anilines is 1. The molecule has 0 radical (unpaired) electrons. The fourth-order valence-electron chi connectivity index (χ4n) is 1.73. The number of nitrogens with zero attached hydrogens (tertiary/aromatic N) is 1. The number of rotatable bonds is 5. The van der Waals surface area contributed by atoms with Gasteiger partial charge in [0.2, 0.25) is 0 Å². The number of phenolic OH excluding ortho intramolecular Hbond substituents is 2. The Labute approximate surface area is 163 Å². The van der Waals surface area contributed by atoms with Crippen LogP contribution in [0.25, 0.3) is 0 Å². The predicted molar refractivity (Wildman–Crippen MR) is 104 cm³/mol. The van der Waals surface area contributed by atoms with E-state index in [9.17, 15) is 15.0 Å². The third-order valence-electron chi connectivity index (χ3n) is 2.84. The van der Waals surface area contributed by atoms with Crippen LogP contribution in [0.5, 0.6) is 11.5 Å². The molecule has 0 bridgehead atoms. The number of amides is 1. The number of hydrogen-bond donors (Lipinski definition) is 4. The van der Waals surface area contributed by atoms with Crippen molar-refractivity contribution in [3.05, 3.63) is 49.3 Å². The van der Waals surface area contributed by atoms with Gasteiger partial charge in [-0.05, 0) is 56.1 Å². The largest absolute Gasteiger partial charge is 0.508 e. The van der Waals surface area contributed by atoms with Gasteiger partial charge in [0.15, 0.2) is 0 Å². The van der Waals surface area contributed by atoms with E-state index >= 15 is 0 Å². The number of nitrogens with one attached hydrogen (secondary N) is 2. The van der Waals surface area contributed by atoms with E-state index in [1.54, 1.807) is 0 Å². The first kappa shape index (κ1) is 18.8. The Morgan fingerprint density at radius 1 is 1.12 bits per heavy atom. The minimum atomic E-state index is -0.355. The molecule has 0 atom stereocenters. The van der Waals surface area contributed by atoms with Crippen LogP contribution in [0.3, 0.4) is 0 Å². The molecule has 0 spiro atoms. The molecular weight excluding hydrogens is 510 g/mol. The van der Waals surface area contributed by atoms with Gasteiger partial charge in [0.1, 0.15) is 11.5 Å². The SMILES string of the molecule is O=C(CNc1c(Br)cc(Br)cc1Br)NN=Cc1ccc(O)cc1O. The van der Waals surface area contributed by atoms with Crippen LogP contribution in [0, 0.1) is 0 Å². The van der Waals surface area contributed by atoms with E-state index < -0.39 is 0 Å². The maximum absolute atomic E-state index is 11.8. The Morgan fingerprint density at radius 2 is 1.79 bits per heavy atom. The van der Waals surface area contributed by atoms with E-state index in [1.165, 1.54) is 24.4 Å². The van der Waals surface area contributed by atoms with Crippen LogP contribution < -0.4 is 10.7 Å². The lowest BCUT2D eigenvalue weighted by Gasteiger charge is -2.10. The van der Waals surface area contributed by atoms with E-state index in [0.717, 1.165) is 19.1 Å². The van der Waals surface area contributed by atoms with Crippen molar-refractivity contribution in [1.82, 2.24) is 5.43 Å². The van der Waals surface area contributed by atoms with Gasteiger partial charge in [-0.15, -0.1) is 0 Å². The molecule has 0 saturated heterocycles. The third-order valence-corrected chi connectivity index (χ3v) is 4.55. The number of hydrazone groups is 1. The van der Waals surface area contributed by atoms with Crippen molar-refractivity contribution in [2.45, 2.75) is 0 Å². The van der Waals surface area contributed by atoms with Crippen LogP contribution in [-0.2, 0) is 4.79 Å². The topological polar surface area (TPSA) is 94.0 Å². The second kappa shape index (κ2) is 8.50. The van der Waals surface area contributed by atoms with Crippen molar-refractivity contribution in [3.63, 3.8) is 0 Å². The smallest absolute Gasteiger partial charge is 0.259 e. The summed E-state index contributed by atoms with van der Waals surface area (Å²) in [5.41, 5.74) is 3.47. The standard InChI is InChI=1S/C15H12Br3N3O3/c16-9-3-11(17)15(12(18)4-9)19-7-14(24)21-20-6-8-1-2-10(22)5-13(8)23/h1-6,19,22-23H,7H2,(H,21,24). The number of aromatic hydroxyl groups is 2. The van der Waals surface area contributed by atoms with Crippen molar-refractivity contribution in [2.24, 2.45) is 5.10 Å². The van der Waals surface area contributed by atoms with E-state index in [-0.39, 0.29) is 24.0 Å². The highest BCUT2D eigenvalue weighted by molar-refractivity contribution is 9.11. The number of halogens is 3. The molecule has 0 aliphatic rings. The van der Waals surface area contributed by atoms with E-state index in [2.05, 4.69) is 63.6 Å². The Hall–Kier alpha value is -1.58. The lowest BCUT2D eigenvalue weighted by Crippen LogP contribution is -2.26. The molecule has 2 aromatic rings. The fraction of sp³-hybridized carbons (Fsp3) is 0.0667. The molecule has 1 amide bonds. The van der Waals surface area contributed by atoms with Gasteiger partial charge in [0.25, 0.3) is 5.91 Å². The highest BCUT2D eigenvalue weighted by Gasteiger charge is 2.08. The van der Waals surface area contributed by atoms with Crippen LogP contribution >= 0.6 is 47.8 Å². The summed E-state index contributed by atoms with van der Waals surface area (Å²) in [6.45, 7) is 0.0116. The molecule has 2 aromatic carbocycles. The van der Waals surface area contributed by atoms with E-state index in [4.69, 9.17) is 0 Å². The monoisotopic (exact) mass is 519 g/mol. The summed E-state index contributed by atoms with van der Waals surface area (Å²) in [5, 5.41) is 25.6. The lowest BCUT2D eigenvalue weighted by molar-refractivity contribution is -0.119. The van der Waals surface area contributed by atoms with Gasteiger partial charge in [-0.1, -0.05) is 15.9 Å². The number of benzene rings is 2. The zero-order valence-electron chi connectivity index (χ0n) is 12.1. The molecule has 0 unspecified atom stereocenters. The number of phenols is 2. The van der Waals surface area contributed by atoms with Crippen molar-refractivity contribution in [1.29, 1.82) is 0 Å². The zero-order valence-corrected chi connectivity index (χ0v) is 16.8. The molecule has 2 rings (SSSR count). The Bertz CT molecular complexity index is 774. The van der Waals surface area contributed by atoms with Gasteiger partial charge in [0, 0.05) is 25.0 Å². The average molecular weight is 522 g/mol. The van der Waals surface area contributed by atoms with Crippen molar-refractivity contribution in [2.75, 3.05) is 11.9 Å². The Kier molecular flexibility index (Phi) is 6.64. The quantitative estimate of drug-likeness (QED) is 0.354. The maximum atomic E-state index is 11.8. The third kappa shape index (κ3) is 5.22. The van der Waals surface area contributed by atoms with Crippen molar-refractivity contribution >= 4 is 65.6 Å². The molecule has 0 saturated carbocycles. The molecule has 126 valence electrons. The van der Waals surface area contributed by atoms with Gasteiger partial charge >= 0.3 is 0 Å². The summed E-state index contributed by atoms with van der Waals surface area (Å²) < 4.78 is 2.50. The molecule has 0 fully saturated rings. The van der Waals surface area contributed by atoms with Crippen molar-refractivity contribution < 1.29 is 15.0 Å². The summed E-state index contributed by atoms with van der Waals surface area (Å²) >= 11 is 10.2. The first-order valence-electron chi connectivity index (χ1n) is 6.59. The summed E-state index contributed by atoms with van der Waals surface area (Å²) in [6, 6.07) is 7.79. The van der Waals surface area contributed by atoms with Gasteiger partial charge in [-0.25, -0.2) is 5.43 Å². The molecular formula is C15H12Br3N3O3. The van der Waals surface area contributed by atoms with E-state index in [0.29, 0.717) is 5.56 Å². The first-order valence-corrected chi connectivity index (χ1v) is 8.97. The van der Waals surface area contributed by atoms with Crippen LogP contribution in [0.2, 0.25) is 0 Å². The normalized spacial score (nSPS) is 10.8. The molecule has 0 heterocycles. The number of carbonyl (C=O) groups is 1. The molecule has 6 nitrogen and oxygen atoms in total. The number of hydrogen-bond acceptors (Lipinski definition) is 5. The second-order valence-electron chi connectivity index (χ2n) is 4.63. The van der Waals surface area contributed by atoms with Gasteiger partial charge in [-0.2, -0.15) is 5.10 Å². The maximum Gasteiger partial charge on any atom is 0.259 e.